The predicted octanol–water partition coefficient (Wildman–Crippen LogP) is 2.98. The molecule has 3 nitrogen and oxygen atoms in total. The Morgan fingerprint density at radius 3 is 2.18 bits per heavy atom. The first-order chi connectivity index (χ1) is 8.08. The molecule has 0 rings (SSSR count). The number of hydrogen-bond acceptors (Lipinski definition) is 2. The summed E-state index contributed by atoms with van der Waals surface area (Å²) in [6, 6.07) is 0. The molecule has 0 saturated heterocycles. The van der Waals surface area contributed by atoms with Crippen molar-refractivity contribution in [1.29, 1.82) is 0 Å². The van der Waals surface area contributed by atoms with Gasteiger partial charge in [-0.15, -0.1) is 0 Å². The monoisotopic (exact) mass is 242 g/mol. The molecule has 0 aromatic carbocycles. The van der Waals surface area contributed by atoms with Crippen LogP contribution in [-0.4, -0.2) is 18.0 Å². The largest absolute Gasteiger partial charge is 0.354 e. The molecule has 0 aliphatic rings. The van der Waals surface area contributed by atoms with Crippen LogP contribution in [-0.2, 0) is 4.79 Å². The minimum atomic E-state index is -0.224. The van der Waals surface area contributed by atoms with Gasteiger partial charge >= 0.3 is 0 Å². The van der Waals surface area contributed by atoms with E-state index in [2.05, 4.69) is 26.1 Å². The van der Waals surface area contributed by atoms with Gasteiger partial charge in [0.15, 0.2) is 0 Å². The first kappa shape index (κ1) is 16.4. The van der Waals surface area contributed by atoms with Gasteiger partial charge in [0.05, 0.1) is 0 Å². The molecule has 1 amide bonds. The van der Waals surface area contributed by atoms with Crippen LogP contribution < -0.4 is 11.1 Å². The van der Waals surface area contributed by atoms with E-state index >= 15 is 0 Å². The summed E-state index contributed by atoms with van der Waals surface area (Å²) in [6.07, 6.45) is 8.38. The Morgan fingerprint density at radius 1 is 1.06 bits per heavy atom. The van der Waals surface area contributed by atoms with Crippen molar-refractivity contribution in [2.45, 2.75) is 77.7 Å². The molecule has 0 heterocycles. The highest BCUT2D eigenvalue weighted by molar-refractivity contribution is 5.75. The lowest BCUT2D eigenvalue weighted by molar-refractivity contribution is -0.121. The molecule has 0 radical (unpaired) electrons. The Hall–Kier alpha value is -0.570. The van der Waals surface area contributed by atoms with E-state index in [9.17, 15) is 4.79 Å². The number of amides is 1. The molecular formula is C14H30N2O. The van der Waals surface area contributed by atoms with Crippen molar-refractivity contribution in [3.63, 3.8) is 0 Å². The van der Waals surface area contributed by atoms with Crippen molar-refractivity contribution in [3.8, 4) is 0 Å². The van der Waals surface area contributed by atoms with Crippen LogP contribution in [0.4, 0.5) is 0 Å². The first-order valence-corrected chi connectivity index (χ1v) is 7.13. The van der Waals surface area contributed by atoms with Gasteiger partial charge in [0.1, 0.15) is 0 Å². The third kappa shape index (κ3) is 8.19. The van der Waals surface area contributed by atoms with Crippen LogP contribution in [0.5, 0.6) is 0 Å². The van der Waals surface area contributed by atoms with E-state index in [-0.39, 0.29) is 11.4 Å². The van der Waals surface area contributed by atoms with Crippen molar-refractivity contribution in [3.05, 3.63) is 0 Å². The Bertz CT molecular complexity index is 200. The minimum Gasteiger partial charge on any atom is -0.354 e. The van der Waals surface area contributed by atoms with E-state index in [0.717, 1.165) is 25.7 Å². The molecule has 0 aromatic rings. The zero-order chi connectivity index (χ0) is 13.1. The third-order valence-electron chi connectivity index (χ3n) is 3.55. The maximum atomic E-state index is 11.6. The molecule has 3 heteroatoms. The predicted molar refractivity (Wildman–Crippen MR) is 73.9 cm³/mol. The van der Waals surface area contributed by atoms with Gasteiger partial charge in [-0.2, -0.15) is 0 Å². The average Bonchev–Trinajstić information content (AvgIpc) is 2.35. The van der Waals surface area contributed by atoms with Crippen LogP contribution >= 0.6 is 0 Å². The standard InChI is InChI=1S/C14H30N2O/c1-4-7-8-9-10-11-13(17)16-12-14(15,5-2)6-3/h4-12,15H2,1-3H3,(H,16,17). The molecule has 0 atom stereocenters. The summed E-state index contributed by atoms with van der Waals surface area (Å²) in [5.74, 6) is 0.151. The summed E-state index contributed by atoms with van der Waals surface area (Å²) in [7, 11) is 0. The summed E-state index contributed by atoms with van der Waals surface area (Å²) in [6.45, 7) is 6.94. The van der Waals surface area contributed by atoms with Gasteiger partial charge in [-0.3, -0.25) is 4.79 Å². The van der Waals surface area contributed by atoms with Gasteiger partial charge in [0, 0.05) is 18.5 Å². The van der Waals surface area contributed by atoms with Crippen LogP contribution in [0.1, 0.15) is 72.1 Å². The Kier molecular flexibility index (Phi) is 9.14. The summed E-state index contributed by atoms with van der Waals surface area (Å²) in [5, 5.41) is 2.95. The maximum absolute atomic E-state index is 11.6. The lowest BCUT2D eigenvalue weighted by Gasteiger charge is -2.26. The Morgan fingerprint density at radius 2 is 1.65 bits per heavy atom. The quantitative estimate of drug-likeness (QED) is 0.579. The van der Waals surface area contributed by atoms with Crippen LogP contribution in [0.3, 0.4) is 0 Å². The lowest BCUT2D eigenvalue weighted by atomic mass is 9.94. The molecule has 0 saturated carbocycles. The SMILES string of the molecule is CCCCCCCC(=O)NCC(N)(CC)CC. The van der Waals surface area contributed by atoms with E-state index in [1.807, 2.05) is 0 Å². The highest BCUT2D eigenvalue weighted by Crippen LogP contribution is 2.10. The summed E-state index contributed by atoms with van der Waals surface area (Å²) in [5.41, 5.74) is 5.90. The fraction of sp³-hybridized carbons (Fsp3) is 0.929. The molecule has 0 fully saturated rings. The summed E-state index contributed by atoms with van der Waals surface area (Å²) < 4.78 is 0. The summed E-state index contributed by atoms with van der Waals surface area (Å²) in [4.78, 5) is 11.6. The summed E-state index contributed by atoms with van der Waals surface area (Å²) >= 11 is 0. The molecule has 3 N–H and O–H groups in total. The van der Waals surface area contributed by atoms with Crippen molar-refractivity contribution in [1.82, 2.24) is 5.32 Å². The first-order valence-electron chi connectivity index (χ1n) is 7.13. The Labute approximate surface area is 107 Å². The van der Waals surface area contributed by atoms with Crippen LogP contribution in [0.25, 0.3) is 0 Å². The van der Waals surface area contributed by atoms with Crippen molar-refractivity contribution in [2.75, 3.05) is 6.54 Å². The zero-order valence-electron chi connectivity index (χ0n) is 11.8. The number of hydrogen-bond donors (Lipinski definition) is 2. The highest BCUT2D eigenvalue weighted by atomic mass is 16.1. The second-order valence-electron chi connectivity index (χ2n) is 5.01. The second-order valence-corrected chi connectivity index (χ2v) is 5.01. The molecule has 0 aromatic heterocycles. The second kappa shape index (κ2) is 9.46. The van der Waals surface area contributed by atoms with Gasteiger partial charge < -0.3 is 11.1 Å². The fourth-order valence-corrected chi connectivity index (χ4v) is 1.75. The van der Waals surface area contributed by atoms with Crippen molar-refractivity contribution < 1.29 is 4.79 Å². The number of rotatable bonds is 10. The Balaban J connectivity index is 3.59. The number of carbonyl (C=O) groups excluding carboxylic acids is 1. The van der Waals surface area contributed by atoms with E-state index in [1.54, 1.807) is 0 Å². The molecule has 17 heavy (non-hydrogen) atoms. The number of nitrogens with one attached hydrogen (secondary N) is 1. The highest BCUT2D eigenvalue weighted by Gasteiger charge is 2.20. The van der Waals surface area contributed by atoms with Crippen LogP contribution in [0, 0.1) is 0 Å². The average molecular weight is 242 g/mol. The van der Waals surface area contributed by atoms with Gasteiger partial charge in [-0.1, -0.05) is 46.5 Å². The molecule has 0 aliphatic heterocycles. The molecule has 0 aliphatic carbocycles. The maximum Gasteiger partial charge on any atom is 0.220 e. The van der Waals surface area contributed by atoms with Crippen molar-refractivity contribution >= 4 is 5.91 Å². The number of nitrogens with two attached hydrogens (primary N) is 1. The minimum absolute atomic E-state index is 0.151. The van der Waals surface area contributed by atoms with E-state index in [1.165, 1.54) is 19.3 Å². The zero-order valence-corrected chi connectivity index (χ0v) is 11.8. The molecule has 0 bridgehead atoms. The lowest BCUT2D eigenvalue weighted by Crippen LogP contribution is -2.49. The fourth-order valence-electron chi connectivity index (χ4n) is 1.75. The molecule has 102 valence electrons. The van der Waals surface area contributed by atoms with Gasteiger partial charge in [-0.25, -0.2) is 0 Å². The molecular weight excluding hydrogens is 212 g/mol. The van der Waals surface area contributed by atoms with Gasteiger partial charge in [0.2, 0.25) is 5.91 Å². The van der Waals surface area contributed by atoms with Gasteiger partial charge in [-0.05, 0) is 19.3 Å². The number of carbonyl (C=O) groups is 1. The van der Waals surface area contributed by atoms with E-state index < -0.39 is 0 Å². The van der Waals surface area contributed by atoms with Crippen molar-refractivity contribution in [2.24, 2.45) is 5.73 Å². The van der Waals surface area contributed by atoms with Crippen LogP contribution in [0.15, 0.2) is 0 Å². The molecule has 0 spiro atoms. The normalized spacial score (nSPS) is 11.5. The number of unbranched alkanes of at least 4 members (excludes halogenated alkanes) is 4. The van der Waals surface area contributed by atoms with Crippen LogP contribution in [0.2, 0.25) is 0 Å². The third-order valence-corrected chi connectivity index (χ3v) is 3.55. The smallest absolute Gasteiger partial charge is 0.220 e. The molecule has 0 unspecified atom stereocenters. The van der Waals surface area contributed by atoms with E-state index in [0.29, 0.717) is 13.0 Å². The van der Waals surface area contributed by atoms with Gasteiger partial charge in [0.25, 0.3) is 0 Å². The van der Waals surface area contributed by atoms with E-state index in [4.69, 9.17) is 5.73 Å². The topological polar surface area (TPSA) is 55.1 Å².